The molecule has 1 heterocycles. The number of rotatable bonds is 8. The predicted octanol–water partition coefficient (Wildman–Crippen LogP) is 4.13. The SMILES string of the molecule is COc1ccc(C(NC(=O)C(C)C)c2nccc3cc(OC)c(OC)cc23)cc1OC. The van der Waals surface area contributed by atoms with E-state index in [0.29, 0.717) is 28.7 Å². The largest absolute Gasteiger partial charge is 0.493 e. The van der Waals surface area contributed by atoms with Crippen LogP contribution >= 0.6 is 0 Å². The molecule has 0 aliphatic rings. The van der Waals surface area contributed by atoms with Crippen LogP contribution in [0.25, 0.3) is 10.8 Å². The van der Waals surface area contributed by atoms with E-state index in [2.05, 4.69) is 10.3 Å². The summed E-state index contributed by atoms with van der Waals surface area (Å²) in [5, 5.41) is 4.90. The molecule has 7 nitrogen and oxygen atoms in total. The first-order valence-corrected chi connectivity index (χ1v) is 9.96. The van der Waals surface area contributed by atoms with Crippen LogP contribution in [-0.2, 0) is 4.79 Å². The van der Waals surface area contributed by atoms with Crippen LogP contribution < -0.4 is 24.3 Å². The lowest BCUT2D eigenvalue weighted by Gasteiger charge is -2.23. The summed E-state index contributed by atoms with van der Waals surface area (Å²) in [6.07, 6.45) is 1.72. The molecule has 7 heteroatoms. The lowest BCUT2D eigenvalue weighted by atomic mass is 9.97. The minimum atomic E-state index is -0.503. The van der Waals surface area contributed by atoms with Crippen molar-refractivity contribution < 1.29 is 23.7 Å². The van der Waals surface area contributed by atoms with Gasteiger partial charge in [0.2, 0.25) is 5.91 Å². The fourth-order valence-corrected chi connectivity index (χ4v) is 3.40. The van der Waals surface area contributed by atoms with Crippen molar-refractivity contribution in [1.29, 1.82) is 0 Å². The number of amides is 1. The van der Waals surface area contributed by atoms with Crippen LogP contribution in [0.3, 0.4) is 0 Å². The molecule has 0 aliphatic heterocycles. The molecule has 1 amide bonds. The number of ether oxygens (including phenoxy) is 4. The van der Waals surface area contributed by atoms with Gasteiger partial charge in [0.25, 0.3) is 0 Å². The van der Waals surface area contributed by atoms with Gasteiger partial charge in [-0.05, 0) is 41.3 Å². The van der Waals surface area contributed by atoms with Gasteiger partial charge < -0.3 is 24.3 Å². The van der Waals surface area contributed by atoms with E-state index < -0.39 is 6.04 Å². The maximum Gasteiger partial charge on any atom is 0.223 e. The fourth-order valence-electron chi connectivity index (χ4n) is 3.40. The molecule has 2 aromatic carbocycles. The third kappa shape index (κ3) is 4.50. The number of benzene rings is 2. The lowest BCUT2D eigenvalue weighted by Crippen LogP contribution is -2.33. The Labute approximate surface area is 182 Å². The Kier molecular flexibility index (Phi) is 6.84. The standard InChI is InChI=1S/C24H28N2O5/c1-14(2)24(27)26-22(16-7-8-18(28-3)19(12-16)29-4)23-17-13-21(31-6)20(30-5)11-15(17)9-10-25-23/h7-14,22H,1-6H3,(H,26,27). The van der Waals surface area contributed by atoms with Gasteiger partial charge in [0.05, 0.1) is 40.2 Å². The highest BCUT2D eigenvalue weighted by Crippen LogP contribution is 2.37. The zero-order chi connectivity index (χ0) is 22.5. The molecule has 0 spiro atoms. The molecule has 1 atom stereocenters. The van der Waals surface area contributed by atoms with E-state index in [-0.39, 0.29) is 11.8 Å². The van der Waals surface area contributed by atoms with Crippen molar-refractivity contribution in [2.75, 3.05) is 28.4 Å². The molecule has 0 saturated heterocycles. The molecule has 0 saturated carbocycles. The van der Waals surface area contributed by atoms with Crippen LogP contribution in [-0.4, -0.2) is 39.3 Å². The number of carbonyl (C=O) groups excluding carboxylic acids is 1. The van der Waals surface area contributed by atoms with Gasteiger partial charge in [0.15, 0.2) is 23.0 Å². The zero-order valence-corrected chi connectivity index (χ0v) is 18.7. The molecule has 1 unspecified atom stereocenters. The van der Waals surface area contributed by atoms with Crippen molar-refractivity contribution in [3.05, 3.63) is 53.9 Å². The average Bonchev–Trinajstić information content (AvgIpc) is 2.80. The van der Waals surface area contributed by atoms with Gasteiger partial charge in [0, 0.05) is 17.5 Å². The highest BCUT2D eigenvalue weighted by molar-refractivity contribution is 5.89. The van der Waals surface area contributed by atoms with Crippen LogP contribution in [0.4, 0.5) is 0 Å². The maximum absolute atomic E-state index is 12.7. The van der Waals surface area contributed by atoms with Gasteiger partial charge in [-0.1, -0.05) is 19.9 Å². The average molecular weight is 424 g/mol. The molecular formula is C24H28N2O5. The number of methoxy groups -OCH3 is 4. The molecule has 1 aromatic heterocycles. The van der Waals surface area contributed by atoms with Crippen molar-refractivity contribution >= 4 is 16.7 Å². The Morgan fingerprint density at radius 3 is 2.06 bits per heavy atom. The van der Waals surface area contributed by atoms with E-state index in [4.69, 9.17) is 18.9 Å². The van der Waals surface area contributed by atoms with Gasteiger partial charge >= 0.3 is 0 Å². The summed E-state index contributed by atoms with van der Waals surface area (Å²) in [5.41, 5.74) is 1.51. The Morgan fingerprint density at radius 2 is 1.45 bits per heavy atom. The minimum absolute atomic E-state index is 0.0842. The number of nitrogens with one attached hydrogen (secondary N) is 1. The van der Waals surface area contributed by atoms with Gasteiger partial charge in [-0.15, -0.1) is 0 Å². The summed E-state index contributed by atoms with van der Waals surface area (Å²) in [4.78, 5) is 17.3. The van der Waals surface area contributed by atoms with Crippen LogP contribution in [0.2, 0.25) is 0 Å². The highest BCUT2D eigenvalue weighted by atomic mass is 16.5. The van der Waals surface area contributed by atoms with Crippen LogP contribution in [0.1, 0.15) is 31.1 Å². The van der Waals surface area contributed by atoms with E-state index in [1.807, 2.05) is 50.2 Å². The normalized spacial score (nSPS) is 11.8. The summed E-state index contributed by atoms with van der Waals surface area (Å²) in [7, 11) is 6.35. The molecule has 0 radical (unpaired) electrons. The smallest absolute Gasteiger partial charge is 0.223 e. The molecule has 1 N–H and O–H groups in total. The topological polar surface area (TPSA) is 78.9 Å². The molecule has 3 aromatic rings. The van der Waals surface area contributed by atoms with Crippen molar-refractivity contribution in [2.24, 2.45) is 5.92 Å². The van der Waals surface area contributed by atoms with Gasteiger partial charge in [-0.25, -0.2) is 0 Å². The summed E-state index contributed by atoms with van der Waals surface area (Å²) >= 11 is 0. The maximum atomic E-state index is 12.7. The number of fused-ring (bicyclic) bond motifs is 1. The zero-order valence-electron chi connectivity index (χ0n) is 18.7. The lowest BCUT2D eigenvalue weighted by molar-refractivity contribution is -0.124. The number of aromatic nitrogens is 1. The molecular weight excluding hydrogens is 396 g/mol. The Hall–Kier alpha value is -3.48. The van der Waals surface area contributed by atoms with E-state index in [1.54, 1.807) is 34.6 Å². The second kappa shape index (κ2) is 9.55. The van der Waals surface area contributed by atoms with Gasteiger partial charge in [0.1, 0.15) is 0 Å². The van der Waals surface area contributed by atoms with E-state index >= 15 is 0 Å². The molecule has 3 rings (SSSR count). The number of hydrogen-bond acceptors (Lipinski definition) is 6. The van der Waals surface area contributed by atoms with E-state index in [0.717, 1.165) is 16.3 Å². The van der Waals surface area contributed by atoms with Crippen LogP contribution in [0.5, 0.6) is 23.0 Å². The summed E-state index contributed by atoms with van der Waals surface area (Å²) < 4.78 is 21.8. The van der Waals surface area contributed by atoms with E-state index in [9.17, 15) is 4.79 Å². The monoisotopic (exact) mass is 424 g/mol. The van der Waals surface area contributed by atoms with Crippen LogP contribution in [0.15, 0.2) is 42.6 Å². The van der Waals surface area contributed by atoms with E-state index in [1.165, 1.54) is 0 Å². The third-order valence-corrected chi connectivity index (χ3v) is 5.12. The second-order valence-electron chi connectivity index (χ2n) is 7.34. The number of hydrogen-bond donors (Lipinski definition) is 1. The first kappa shape index (κ1) is 22.2. The summed E-state index contributed by atoms with van der Waals surface area (Å²) in [6, 6.07) is 10.7. The van der Waals surface area contributed by atoms with Gasteiger partial charge in [-0.2, -0.15) is 0 Å². The quantitative estimate of drug-likeness (QED) is 0.586. The molecule has 0 aliphatic carbocycles. The van der Waals surface area contributed by atoms with Gasteiger partial charge in [-0.3, -0.25) is 9.78 Å². The molecule has 0 bridgehead atoms. The number of carbonyl (C=O) groups is 1. The molecule has 0 fully saturated rings. The van der Waals surface area contributed by atoms with Crippen molar-refractivity contribution in [3.63, 3.8) is 0 Å². The van der Waals surface area contributed by atoms with Crippen molar-refractivity contribution in [3.8, 4) is 23.0 Å². The number of nitrogens with zero attached hydrogens (tertiary/aromatic N) is 1. The molecule has 31 heavy (non-hydrogen) atoms. The first-order chi connectivity index (χ1) is 14.9. The highest BCUT2D eigenvalue weighted by Gasteiger charge is 2.24. The first-order valence-electron chi connectivity index (χ1n) is 9.96. The summed E-state index contributed by atoms with van der Waals surface area (Å²) in [6.45, 7) is 3.71. The van der Waals surface area contributed by atoms with Crippen LogP contribution in [0, 0.1) is 5.92 Å². The van der Waals surface area contributed by atoms with Crippen molar-refractivity contribution in [2.45, 2.75) is 19.9 Å². The predicted molar refractivity (Wildman–Crippen MR) is 119 cm³/mol. The minimum Gasteiger partial charge on any atom is -0.493 e. The Bertz CT molecular complexity index is 1080. The second-order valence-corrected chi connectivity index (χ2v) is 7.34. The molecule has 164 valence electrons. The number of pyridine rings is 1. The van der Waals surface area contributed by atoms with Crippen molar-refractivity contribution in [1.82, 2.24) is 10.3 Å². The summed E-state index contributed by atoms with van der Waals surface area (Å²) in [5.74, 6) is 2.12. The Morgan fingerprint density at radius 1 is 0.839 bits per heavy atom. The Balaban J connectivity index is 2.22. The third-order valence-electron chi connectivity index (χ3n) is 5.12. The fraction of sp³-hybridized carbons (Fsp3) is 0.333.